The van der Waals surface area contributed by atoms with Crippen LogP contribution in [-0.4, -0.2) is 28.2 Å². The Morgan fingerprint density at radius 1 is 1.12 bits per heavy atom. The smallest absolute Gasteiger partial charge is 0.213 e. The summed E-state index contributed by atoms with van der Waals surface area (Å²) in [6, 6.07) is 8.45. The first kappa shape index (κ1) is 25.8. The fourth-order valence-electron chi connectivity index (χ4n) is 5.47. The van der Waals surface area contributed by atoms with E-state index in [0.717, 1.165) is 36.1 Å². The number of hydrogen-bond donors (Lipinski definition) is 2. The Hall–Kier alpha value is -2.86. The second-order valence-electron chi connectivity index (χ2n) is 10.8. The molecule has 2 N–H and O–H groups in total. The summed E-state index contributed by atoms with van der Waals surface area (Å²) in [6.45, 7) is 13.1. The van der Waals surface area contributed by atoms with E-state index in [0.29, 0.717) is 17.0 Å². The zero-order valence-electron chi connectivity index (χ0n) is 21.4. The number of azo groups is 1. The van der Waals surface area contributed by atoms with Gasteiger partial charge in [-0.3, -0.25) is 0 Å². The van der Waals surface area contributed by atoms with E-state index in [1.807, 2.05) is 25.1 Å². The second-order valence-corrected chi connectivity index (χ2v) is 10.8. The minimum atomic E-state index is -0.548. The maximum Gasteiger partial charge on any atom is 0.213 e. The maximum absolute atomic E-state index is 13.5. The predicted molar refractivity (Wildman–Crippen MR) is 137 cm³/mol. The van der Waals surface area contributed by atoms with Crippen molar-refractivity contribution >= 4 is 5.57 Å². The lowest BCUT2D eigenvalue weighted by Crippen LogP contribution is -2.57. The molecule has 0 unspecified atom stereocenters. The third-order valence-corrected chi connectivity index (χ3v) is 6.35. The van der Waals surface area contributed by atoms with Crippen LogP contribution < -0.4 is 5.32 Å². The van der Waals surface area contributed by atoms with Crippen LogP contribution in [0, 0.1) is 11.9 Å². The average molecular weight is 465 g/mol. The van der Waals surface area contributed by atoms with Gasteiger partial charge < -0.3 is 10.4 Å². The largest absolute Gasteiger partial charge is 0.507 e. The van der Waals surface area contributed by atoms with Gasteiger partial charge in [0.25, 0.3) is 0 Å². The van der Waals surface area contributed by atoms with Crippen LogP contribution in [0.5, 0.6) is 5.75 Å². The molecule has 0 aliphatic carbocycles. The van der Waals surface area contributed by atoms with Gasteiger partial charge in [0.05, 0.1) is 5.70 Å². The standard InChI is InChI=1S/C28H37FN4O/c1-18(23-9-8-21(14-25(23)34)22-10-11-31-26(29)15-22)13-24(32-30-7)19(2)12-20-16-27(3,4)33-28(5,6)17-20/h8-11,13-15,20,33-34H,12,16-17H2,1-7H3/b18-13+,24-19-,32-30?. The fourth-order valence-corrected chi connectivity index (χ4v) is 5.47. The van der Waals surface area contributed by atoms with E-state index in [-0.39, 0.29) is 16.8 Å². The highest BCUT2D eigenvalue weighted by molar-refractivity contribution is 5.75. The molecule has 1 aromatic carbocycles. The topological polar surface area (TPSA) is 69.9 Å². The maximum atomic E-state index is 13.5. The van der Waals surface area contributed by atoms with Crippen LogP contribution in [0.15, 0.2) is 64.1 Å². The van der Waals surface area contributed by atoms with Crippen LogP contribution in [0.1, 0.15) is 66.4 Å². The summed E-state index contributed by atoms with van der Waals surface area (Å²) < 4.78 is 13.5. The van der Waals surface area contributed by atoms with Crippen LogP contribution in [0.2, 0.25) is 0 Å². The lowest BCUT2D eigenvalue weighted by Gasteiger charge is -2.46. The number of aromatic nitrogens is 1. The first-order chi connectivity index (χ1) is 15.9. The lowest BCUT2D eigenvalue weighted by molar-refractivity contribution is 0.128. The van der Waals surface area contributed by atoms with Crippen LogP contribution >= 0.6 is 0 Å². The molecule has 3 rings (SSSR count). The van der Waals surface area contributed by atoms with E-state index in [1.54, 1.807) is 19.2 Å². The Labute approximate surface area is 202 Å². The molecular formula is C28H37FN4O. The number of piperidine rings is 1. The van der Waals surface area contributed by atoms with E-state index in [1.165, 1.54) is 17.8 Å². The highest BCUT2D eigenvalue weighted by Gasteiger charge is 2.37. The molecular weight excluding hydrogens is 427 g/mol. The third kappa shape index (κ3) is 6.60. The van der Waals surface area contributed by atoms with Crippen molar-refractivity contribution in [2.45, 2.75) is 71.9 Å². The molecule has 1 aromatic heterocycles. The van der Waals surface area contributed by atoms with Gasteiger partial charge in [0, 0.05) is 36.0 Å². The van der Waals surface area contributed by atoms with Crippen molar-refractivity contribution in [3.05, 3.63) is 65.4 Å². The minimum Gasteiger partial charge on any atom is -0.507 e. The molecule has 2 aromatic rings. The number of allylic oxidation sites excluding steroid dienone is 3. The molecule has 0 radical (unpaired) electrons. The van der Waals surface area contributed by atoms with Crippen LogP contribution in [-0.2, 0) is 0 Å². The van der Waals surface area contributed by atoms with Gasteiger partial charge in [-0.05, 0) is 107 Å². The van der Waals surface area contributed by atoms with Crippen LogP contribution in [0.3, 0.4) is 0 Å². The normalized spacial score (nSPS) is 19.4. The molecule has 0 saturated carbocycles. The first-order valence-corrected chi connectivity index (χ1v) is 11.8. The fraction of sp³-hybridized carbons (Fsp3) is 0.464. The van der Waals surface area contributed by atoms with Gasteiger partial charge >= 0.3 is 0 Å². The van der Waals surface area contributed by atoms with E-state index in [2.05, 4.69) is 55.1 Å². The summed E-state index contributed by atoms with van der Waals surface area (Å²) in [4.78, 5) is 3.59. The summed E-state index contributed by atoms with van der Waals surface area (Å²) in [5.41, 5.74) is 5.19. The lowest BCUT2D eigenvalue weighted by atomic mass is 9.73. The van der Waals surface area contributed by atoms with Crippen molar-refractivity contribution in [3.63, 3.8) is 0 Å². The summed E-state index contributed by atoms with van der Waals surface area (Å²) in [6.07, 6.45) is 6.56. The molecule has 2 heterocycles. The van der Waals surface area contributed by atoms with Crippen LogP contribution in [0.25, 0.3) is 16.7 Å². The van der Waals surface area contributed by atoms with Crippen molar-refractivity contribution in [3.8, 4) is 16.9 Å². The molecule has 0 bridgehead atoms. The molecule has 1 fully saturated rings. The molecule has 0 spiro atoms. The van der Waals surface area contributed by atoms with E-state index >= 15 is 0 Å². The summed E-state index contributed by atoms with van der Waals surface area (Å²) in [7, 11) is 1.67. The molecule has 182 valence electrons. The number of halogens is 1. The van der Waals surface area contributed by atoms with Gasteiger partial charge in [0.15, 0.2) is 0 Å². The van der Waals surface area contributed by atoms with Crippen molar-refractivity contribution in [2.24, 2.45) is 16.1 Å². The summed E-state index contributed by atoms with van der Waals surface area (Å²) in [5.74, 6) is 0.138. The zero-order chi connectivity index (χ0) is 25.1. The van der Waals surface area contributed by atoms with Gasteiger partial charge in [0.1, 0.15) is 5.75 Å². The molecule has 5 nitrogen and oxygen atoms in total. The highest BCUT2D eigenvalue weighted by atomic mass is 19.1. The van der Waals surface area contributed by atoms with E-state index in [9.17, 15) is 9.50 Å². The Balaban J connectivity index is 1.88. The average Bonchev–Trinajstić information content (AvgIpc) is 2.70. The van der Waals surface area contributed by atoms with Crippen molar-refractivity contribution in [2.75, 3.05) is 7.05 Å². The SMILES string of the molecule is CN=NC(/C=C(\C)c1ccc(-c2ccnc(F)c2)cc1O)=C(/C)CC1CC(C)(C)NC(C)(C)C1. The molecule has 1 saturated heterocycles. The molecule has 0 atom stereocenters. The predicted octanol–water partition coefficient (Wildman–Crippen LogP) is 7.30. The number of phenols is 1. The van der Waals surface area contributed by atoms with Crippen molar-refractivity contribution < 1.29 is 9.50 Å². The number of pyridine rings is 1. The number of nitrogens with zero attached hydrogens (tertiary/aromatic N) is 3. The monoisotopic (exact) mass is 464 g/mol. The van der Waals surface area contributed by atoms with Gasteiger partial charge in [-0.25, -0.2) is 4.98 Å². The summed E-state index contributed by atoms with van der Waals surface area (Å²) in [5, 5.41) is 22.9. The molecule has 0 amide bonds. The molecule has 6 heteroatoms. The Morgan fingerprint density at radius 3 is 2.35 bits per heavy atom. The molecule has 1 aliphatic rings. The number of aromatic hydroxyl groups is 1. The van der Waals surface area contributed by atoms with Crippen molar-refractivity contribution in [1.29, 1.82) is 0 Å². The number of phenolic OH excluding ortho intramolecular Hbond substituents is 1. The van der Waals surface area contributed by atoms with Gasteiger partial charge in [-0.1, -0.05) is 12.1 Å². The quantitative estimate of drug-likeness (QED) is 0.268. The second kappa shape index (κ2) is 10.2. The van der Waals surface area contributed by atoms with E-state index < -0.39 is 5.95 Å². The van der Waals surface area contributed by atoms with Crippen molar-refractivity contribution in [1.82, 2.24) is 10.3 Å². The van der Waals surface area contributed by atoms with Gasteiger partial charge in [-0.15, -0.1) is 0 Å². The number of benzene rings is 1. The molecule has 34 heavy (non-hydrogen) atoms. The Kier molecular flexibility index (Phi) is 7.71. The van der Waals surface area contributed by atoms with Gasteiger partial charge in [-0.2, -0.15) is 14.6 Å². The molecule has 1 aliphatic heterocycles. The highest BCUT2D eigenvalue weighted by Crippen LogP contribution is 2.37. The van der Waals surface area contributed by atoms with Gasteiger partial charge in [0.2, 0.25) is 5.95 Å². The Bertz CT molecular complexity index is 1110. The zero-order valence-corrected chi connectivity index (χ0v) is 21.4. The Morgan fingerprint density at radius 2 is 1.76 bits per heavy atom. The first-order valence-electron chi connectivity index (χ1n) is 11.8. The number of nitrogens with one attached hydrogen (secondary N) is 1. The number of hydrogen-bond acceptors (Lipinski definition) is 5. The number of rotatable bonds is 6. The third-order valence-electron chi connectivity index (χ3n) is 6.35. The van der Waals surface area contributed by atoms with Crippen LogP contribution in [0.4, 0.5) is 4.39 Å². The summed E-state index contributed by atoms with van der Waals surface area (Å²) >= 11 is 0. The van der Waals surface area contributed by atoms with E-state index in [4.69, 9.17) is 0 Å². The minimum absolute atomic E-state index is 0.0934.